The van der Waals surface area contributed by atoms with E-state index in [2.05, 4.69) is 17.2 Å². The van der Waals surface area contributed by atoms with Crippen molar-refractivity contribution in [1.82, 2.24) is 5.32 Å². The second kappa shape index (κ2) is 7.60. The van der Waals surface area contributed by atoms with E-state index in [1.165, 1.54) is 31.2 Å². The van der Waals surface area contributed by atoms with Crippen molar-refractivity contribution in [2.24, 2.45) is 0 Å². The Morgan fingerprint density at radius 3 is 2.32 bits per heavy atom. The van der Waals surface area contributed by atoms with Crippen molar-refractivity contribution in [3.8, 4) is 0 Å². The number of benzene rings is 1. The first-order valence-corrected chi connectivity index (χ1v) is 8.27. The summed E-state index contributed by atoms with van der Waals surface area (Å²) < 4.78 is 27.4. The van der Waals surface area contributed by atoms with Crippen LogP contribution in [0.15, 0.2) is 41.3 Å². The topological polar surface area (TPSA) is 102 Å². The molecular formula is C14H18N2O5S. The van der Waals surface area contributed by atoms with Crippen molar-refractivity contribution in [3.63, 3.8) is 0 Å². The monoisotopic (exact) mass is 326 g/mol. The van der Waals surface area contributed by atoms with Crippen molar-refractivity contribution in [3.05, 3.63) is 36.4 Å². The molecule has 0 aliphatic heterocycles. The van der Waals surface area contributed by atoms with Gasteiger partial charge in [-0.25, -0.2) is 18.0 Å². The number of esters is 1. The Kier molecular flexibility index (Phi) is 6.11. The first-order chi connectivity index (χ1) is 10.2. The van der Waals surface area contributed by atoms with Gasteiger partial charge in [0, 0.05) is 17.5 Å². The first-order valence-electron chi connectivity index (χ1n) is 6.38. The molecule has 0 saturated carbocycles. The summed E-state index contributed by atoms with van der Waals surface area (Å²) in [5, 5.41) is 5.02. The molecule has 0 aliphatic carbocycles. The highest BCUT2D eigenvalue weighted by Crippen LogP contribution is 2.13. The average molecular weight is 326 g/mol. The SMILES string of the molecule is C=C(C)C(=O)OCCNC(=O)Nc1ccc(S(C)(=O)=O)cc1. The molecule has 8 heteroatoms. The van der Waals surface area contributed by atoms with E-state index in [-0.39, 0.29) is 23.6 Å². The molecule has 2 amide bonds. The minimum absolute atomic E-state index is 0.0339. The van der Waals surface area contributed by atoms with Gasteiger partial charge in [-0.05, 0) is 31.2 Å². The summed E-state index contributed by atoms with van der Waals surface area (Å²) in [5.74, 6) is -0.515. The highest BCUT2D eigenvalue weighted by Gasteiger charge is 2.07. The molecule has 0 heterocycles. The van der Waals surface area contributed by atoms with E-state index in [1.54, 1.807) is 0 Å². The Bertz CT molecular complexity index is 665. The number of hydrogen-bond acceptors (Lipinski definition) is 5. The molecule has 0 fully saturated rings. The summed E-state index contributed by atoms with van der Waals surface area (Å²) >= 11 is 0. The Balaban J connectivity index is 2.39. The number of ether oxygens (including phenoxy) is 1. The number of carbonyl (C=O) groups excluding carboxylic acids is 2. The number of nitrogens with one attached hydrogen (secondary N) is 2. The van der Waals surface area contributed by atoms with Gasteiger partial charge in [-0.15, -0.1) is 0 Å². The van der Waals surface area contributed by atoms with Gasteiger partial charge in [0.15, 0.2) is 9.84 Å². The quantitative estimate of drug-likeness (QED) is 0.466. The van der Waals surface area contributed by atoms with E-state index in [0.717, 1.165) is 6.26 Å². The van der Waals surface area contributed by atoms with Crippen LogP contribution < -0.4 is 10.6 Å². The zero-order valence-corrected chi connectivity index (χ0v) is 13.2. The summed E-state index contributed by atoms with van der Waals surface area (Å²) in [7, 11) is -3.26. The third kappa shape index (κ3) is 5.96. The zero-order chi connectivity index (χ0) is 16.8. The fraction of sp³-hybridized carbons (Fsp3) is 0.286. The molecule has 120 valence electrons. The number of anilines is 1. The first kappa shape index (κ1) is 17.7. The van der Waals surface area contributed by atoms with Crippen molar-refractivity contribution < 1.29 is 22.7 Å². The molecule has 0 radical (unpaired) electrons. The van der Waals surface area contributed by atoms with Crippen LogP contribution in [0, 0.1) is 0 Å². The van der Waals surface area contributed by atoms with Crippen LogP contribution in [0.1, 0.15) is 6.92 Å². The minimum atomic E-state index is -3.26. The van der Waals surface area contributed by atoms with Gasteiger partial charge in [-0.1, -0.05) is 6.58 Å². The van der Waals surface area contributed by atoms with Crippen molar-refractivity contribution in [2.45, 2.75) is 11.8 Å². The largest absolute Gasteiger partial charge is 0.460 e. The van der Waals surface area contributed by atoms with Crippen LogP contribution >= 0.6 is 0 Å². The van der Waals surface area contributed by atoms with Gasteiger partial charge in [0.25, 0.3) is 0 Å². The average Bonchev–Trinajstić information content (AvgIpc) is 2.42. The lowest BCUT2D eigenvalue weighted by Crippen LogP contribution is -2.32. The minimum Gasteiger partial charge on any atom is -0.460 e. The fourth-order valence-electron chi connectivity index (χ4n) is 1.39. The van der Waals surface area contributed by atoms with Crippen molar-refractivity contribution in [2.75, 3.05) is 24.7 Å². The number of amides is 2. The second-order valence-corrected chi connectivity index (χ2v) is 6.61. The molecular weight excluding hydrogens is 308 g/mol. The molecule has 1 aromatic rings. The van der Waals surface area contributed by atoms with Crippen LogP contribution in [0.25, 0.3) is 0 Å². The van der Waals surface area contributed by atoms with Gasteiger partial charge < -0.3 is 15.4 Å². The lowest BCUT2D eigenvalue weighted by molar-refractivity contribution is -0.138. The summed E-state index contributed by atoms with van der Waals surface area (Å²) in [6.07, 6.45) is 1.11. The Labute approximate surface area is 129 Å². The molecule has 7 nitrogen and oxygen atoms in total. The van der Waals surface area contributed by atoms with E-state index in [9.17, 15) is 18.0 Å². The predicted molar refractivity (Wildman–Crippen MR) is 82.3 cm³/mol. The number of urea groups is 1. The normalized spacial score (nSPS) is 10.6. The van der Waals surface area contributed by atoms with Gasteiger partial charge in [0.05, 0.1) is 11.4 Å². The molecule has 0 spiro atoms. The fourth-order valence-corrected chi connectivity index (χ4v) is 2.02. The van der Waals surface area contributed by atoms with Crippen LogP contribution in [0.4, 0.5) is 10.5 Å². The predicted octanol–water partition coefficient (Wildman–Crippen LogP) is 1.33. The molecule has 0 aliphatic rings. The van der Waals surface area contributed by atoms with E-state index in [4.69, 9.17) is 4.74 Å². The molecule has 2 N–H and O–H groups in total. The van der Waals surface area contributed by atoms with Crippen molar-refractivity contribution in [1.29, 1.82) is 0 Å². The molecule has 1 rings (SSSR count). The van der Waals surface area contributed by atoms with Crippen LogP contribution in [-0.4, -0.2) is 39.8 Å². The lowest BCUT2D eigenvalue weighted by Gasteiger charge is -2.08. The van der Waals surface area contributed by atoms with Gasteiger partial charge in [-0.2, -0.15) is 0 Å². The maximum absolute atomic E-state index is 11.6. The van der Waals surface area contributed by atoms with Crippen LogP contribution in [0.5, 0.6) is 0 Å². The van der Waals surface area contributed by atoms with Gasteiger partial charge in [-0.3, -0.25) is 0 Å². The molecule has 0 unspecified atom stereocenters. The maximum atomic E-state index is 11.6. The van der Waals surface area contributed by atoms with Crippen LogP contribution in [0.2, 0.25) is 0 Å². The highest BCUT2D eigenvalue weighted by molar-refractivity contribution is 7.90. The maximum Gasteiger partial charge on any atom is 0.333 e. The Morgan fingerprint density at radius 1 is 1.23 bits per heavy atom. The summed E-state index contributed by atoms with van der Waals surface area (Å²) in [6, 6.07) is 5.28. The summed E-state index contributed by atoms with van der Waals surface area (Å²) in [6.45, 7) is 5.14. The lowest BCUT2D eigenvalue weighted by atomic mass is 10.3. The van der Waals surface area contributed by atoms with E-state index < -0.39 is 21.8 Å². The molecule has 0 bridgehead atoms. The smallest absolute Gasteiger partial charge is 0.333 e. The molecule has 22 heavy (non-hydrogen) atoms. The molecule has 0 saturated heterocycles. The zero-order valence-electron chi connectivity index (χ0n) is 12.4. The van der Waals surface area contributed by atoms with Crippen molar-refractivity contribution >= 4 is 27.5 Å². The number of hydrogen-bond donors (Lipinski definition) is 2. The van der Waals surface area contributed by atoms with E-state index in [0.29, 0.717) is 5.69 Å². The van der Waals surface area contributed by atoms with Crippen LogP contribution in [-0.2, 0) is 19.4 Å². The highest BCUT2D eigenvalue weighted by atomic mass is 32.2. The molecule has 0 aromatic heterocycles. The van der Waals surface area contributed by atoms with Gasteiger partial charge in [0.2, 0.25) is 0 Å². The second-order valence-electron chi connectivity index (χ2n) is 4.59. The third-order valence-electron chi connectivity index (χ3n) is 2.51. The van der Waals surface area contributed by atoms with E-state index >= 15 is 0 Å². The summed E-state index contributed by atoms with van der Waals surface area (Å²) in [5.41, 5.74) is 0.735. The molecule has 1 aromatic carbocycles. The third-order valence-corrected chi connectivity index (χ3v) is 3.64. The number of rotatable bonds is 6. The number of carbonyl (C=O) groups is 2. The van der Waals surface area contributed by atoms with E-state index in [1.807, 2.05) is 0 Å². The summed E-state index contributed by atoms with van der Waals surface area (Å²) in [4.78, 5) is 22.8. The van der Waals surface area contributed by atoms with Gasteiger partial charge >= 0.3 is 12.0 Å². The van der Waals surface area contributed by atoms with Crippen LogP contribution in [0.3, 0.4) is 0 Å². The number of sulfone groups is 1. The Morgan fingerprint density at radius 2 is 1.82 bits per heavy atom. The van der Waals surface area contributed by atoms with Gasteiger partial charge in [0.1, 0.15) is 6.61 Å². The Hall–Kier alpha value is -2.35. The standard InChI is InChI=1S/C14H18N2O5S/c1-10(2)13(17)21-9-8-15-14(18)16-11-4-6-12(7-5-11)22(3,19)20/h4-7H,1,8-9H2,2-3H3,(H2,15,16,18). The molecule has 0 atom stereocenters.